The van der Waals surface area contributed by atoms with Crippen LogP contribution in [0.15, 0.2) is 11.6 Å². The van der Waals surface area contributed by atoms with Crippen molar-refractivity contribution in [3.8, 4) is 0 Å². The second-order valence-electron chi connectivity index (χ2n) is 4.33. The van der Waals surface area contributed by atoms with Gasteiger partial charge in [0.15, 0.2) is 0 Å². The van der Waals surface area contributed by atoms with E-state index < -0.39 is 0 Å². The van der Waals surface area contributed by atoms with Crippen LogP contribution in [0, 0.1) is 11.8 Å². The molecular formula is C12H21Cl. The van der Waals surface area contributed by atoms with Crippen LogP contribution in [0.4, 0.5) is 0 Å². The number of rotatable bonds is 3. The second-order valence-corrected chi connectivity index (χ2v) is 4.60. The quantitative estimate of drug-likeness (QED) is 0.468. The average molecular weight is 201 g/mol. The molecule has 0 nitrogen and oxygen atoms in total. The maximum Gasteiger partial charge on any atom is 0.0433 e. The molecule has 1 saturated carbocycles. The predicted octanol–water partition coefficient (Wildman–Crippen LogP) is 4.39. The van der Waals surface area contributed by atoms with E-state index in [0.717, 1.165) is 24.1 Å². The van der Waals surface area contributed by atoms with Crippen LogP contribution < -0.4 is 0 Å². The summed E-state index contributed by atoms with van der Waals surface area (Å²) in [4.78, 5) is 0. The fourth-order valence-electron chi connectivity index (χ4n) is 2.04. The van der Waals surface area contributed by atoms with Crippen LogP contribution in [0.25, 0.3) is 0 Å². The molecule has 1 aliphatic rings. The number of hydrogen-bond donors (Lipinski definition) is 0. The molecule has 0 aromatic rings. The van der Waals surface area contributed by atoms with Crippen molar-refractivity contribution < 1.29 is 0 Å². The molecule has 0 radical (unpaired) electrons. The molecule has 1 rings (SSSR count). The van der Waals surface area contributed by atoms with E-state index in [4.69, 9.17) is 11.6 Å². The zero-order chi connectivity index (χ0) is 9.68. The van der Waals surface area contributed by atoms with Crippen LogP contribution >= 0.6 is 11.6 Å². The van der Waals surface area contributed by atoms with Gasteiger partial charge >= 0.3 is 0 Å². The Morgan fingerprint density at radius 2 is 1.92 bits per heavy atom. The molecule has 0 spiro atoms. The summed E-state index contributed by atoms with van der Waals surface area (Å²) in [5.74, 6) is 2.50. The monoisotopic (exact) mass is 200 g/mol. The Bertz CT molecular complexity index is 158. The van der Waals surface area contributed by atoms with Gasteiger partial charge in [0, 0.05) is 5.88 Å². The zero-order valence-corrected chi connectivity index (χ0v) is 9.61. The van der Waals surface area contributed by atoms with E-state index in [1.165, 1.54) is 31.3 Å². The first-order valence-corrected chi connectivity index (χ1v) is 6.05. The standard InChI is InChI=1S/C12H21Cl/c1-3-11(9-13)8-12-6-4-10(2)5-7-12/h8,10,12H,3-7,9H2,1-2H3. The Hall–Kier alpha value is 0.0300. The van der Waals surface area contributed by atoms with E-state index in [2.05, 4.69) is 19.9 Å². The van der Waals surface area contributed by atoms with Crippen molar-refractivity contribution in [1.29, 1.82) is 0 Å². The van der Waals surface area contributed by atoms with Gasteiger partial charge in [0.2, 0.25) is 0 Å². The van der Waals surface area contributed by atoms with Crippen LogP contribution in [0.1, 0.15) is 46.0 Å². The predicted molar refractivity (Wildman–Crippen MR) is 60.2 cm³/mol. The highest BCUT2D eigenvalue weighted by molar-refractivity contribution is 6.19. The van der Waals surface area contributed by atoms with Crippen LogP contribution in [-0.2, 0) is 0 Å². The molecule has 0 atom stereocenters. The minimum absolute atomic E-state index is 0.725. The van der Waals surface area contributed by atoms with Crippen LogP contribution in [0.5, 0.6) is 0 Å². The molecule has 0 N–H and O–H groups in total. The summed E-state index contributed by atoms with van der Waals surface area (Å²) in [6.45, 7) is 4.56. The first-order valence-electron chi connectivity index (χ1n) is 5.51. The van der Waals surface area contributed by atoms with E-state index >= 15 is 0 Å². The largest absolute Gasteiger partial charge is 0.122 e. The van der Waals surface area contributed by atoms with Gasteiger partial charge in [-0.05, 0) is 31.1 Å². The van der Waals surface area contributed by atoms with Gasteiger partial charge in [-0.25, -0.2) is 0 Å². The molecule has 13 heavy (non-hydrogen) atoms. The van der Waals surface area contributed by atoms with Crippen molar-refractivity contribution in [3.63, 3.8) is 0 Å². The van der Waals surface area contributed by atoms with E-state index in [9.17, 15) is 0 Å². The van der Waals surface area contributed by atoms with Crippen LogP contribution in [0.3, 0.4) is 0 Å². The van der Waals surface area contributed by atoms with Crippen LogP contribution in [0.2, 0.25) is 0 Å². The summed E-state index contributed by atoms with van der Waals surface area (Å²) in [5, 5.41) is 0. The lowest BCUT2D eigenvalue weighted by Crippen LogP contribution is -2.10. The number of alkyl halides is 1. The van der Waals surface area contributed by atoms with Crippen molar-refractivity contribution in [2.24, 2.45) is 11.8 Å². The van der Waals surface area contributed by atoms with Gasteiger partial charge in [-0.1, -0.05) is 38.3 Å². The molecule has 1 heteroatoms. The van der Waals surface area contributed by atoms with Gasteiger partial charge in [-0.2, -0.15) is 0 Å². The maximum absolute atomic E-state index is 5.85. The number of allylic oxidation sites excluding steroid dienone is 2. The molecule has 0 amide bonds. The van der Waals surface area contributed by atoms with E-state index in [1.54, 1.807) is 0 Å². The average Bonchev–Trinajstić information content (AvgIpc) is 2.17. The van der Waals surface area contributed by atoms with Crippen molar-refractivity contribution in [1.82, 2.24) is 0 Å². The van der Waals surface area contributed by atoms with E-state index in [-0.39, 0.29) is 0 Å². The minimum atomic E-state index is 0.725. The highest BCUT2D eigenvalue weighted by Gasteiger charge is 2.16. The molecule has 0 saturated heterocycles. The van der Waals surface area contributed by atoms with Gasteiger partial charge in [0.1, 0.15) is 0 Å². The smallest absolute Gasteiger partial charge is 0.0433 e. The normalized spacial score (nSPS) is 30.5. The summed E-state index contributed by atoms with van der Waals surface area (Å²) in [6, 6.07) is 0. The molecule has 0 aromatic carbocycles. The summed E-state index contributed by atoms with van der Waals surface area (Å²) in [5.41, 5.74) is 1.43. The van der Waals surface area contributed by atoms with Crippen LogP contribution in [-0.4, -0.2) is 5.88 Å². The highest BCUT2D eigenvalue weighted by atomic mass is 35.5. The Balaban J connectivity index is 2.40. The topological polar surface area (TPSA) is 0 Å². The van der Waals surface area contributed by atoms with Gasteiger partial charge in [-0.15, -0.1) is 11.6 Å². The molecule has 1 fully saturated rings. The molecule has 76 valence electrons. The molecular weight excluding hydrogens is 180 g/mol. The third-order valence-electron chi connectivity index (χ3n) is 3.16. The minimum Gasteiger partial charge on any atom is -0.122 e. The summed E-state index contributed by atoms with van der Waals surface area (Å²) in [7, 11) is 0. The van der Waals surface area contributed by atoms with Gasteiger partial charge < -0.3 is 0 Å². The maximum atomic E-state index is 5.85. The Morgan fingerprint density at radius 1 is 1.31 bits per heavy atom. The molecule has 0 bridgehead atoms. The lowest BCUT2D eigenvalue weighted by molar-refractivity contribution is 0.329. The van der Waals surface area contributed by atoms with Crippen molar-refractivity contribution >= 4 is 11.6 Å². The Labute approximate surface area is 87.4 Å². The molecule has 0 aromatic heterocycles. The second kappa shape index (κ2) is 5.70. The lowest BCUT2D eigenvalue weighted by atomic mass is 9.82. The molecule has 0 unspecified atom stereocenters. The summed E-state index contributed by atoms with van der Waals surface area (Å²) >= 11 is 5.85. The third kappa shape index (κ3) is 3.72. The van der Waals surface area contributed by atoms with Gasteiger partial charge in [0.25, 0.3) is 0 Å². The lowest BCUT2D eigenvalue weighted by Gasteiger charge is -2.24. The van der Waals surface area contributed by atoms with Crippen molar-refractivity contribution in [3.05, 3.63) is 11.6 Å². The Morgan fingerprint density at radius 3 is 2.38 bits per heavy atom. The van der Waals surface area contributed by atoms with Crippen molar-refractivity contribution in [2.75, 3.05) is 5.88 Å². The number of halogens is 1. The zero-order valence-electron chi connectivity index (χ0n) is 8.85. The number of hydrogen-bond acceptors (Lipinski definition) is 0. The third-order valence-corrected chi connectivity index (χ3v) is 3.50. The fraction of sp³-hybridized carbons (Fsp3) is 0.833. The SMILES string of the molecule is CCC(=CC1CCC(C)CC1)CCl. The Kier molecular flexibility index (Phi) is 4.87. The highest BCUT2D eigenvalue weighted by Crippen LogP contribution is 2.30. The van der Waals surface area contributed by atoms with E-state index in [0.29, 0.717) is 0 Å². The molecule has 0 heterocycles. The first kappa shape index (κ1) is 11.1. The summed E-state index contributed by atoms with van der Waals surface area (Å²) < 4.78 is 0. The first-order chi connectivity index (χ1) is 6.26. The summed E-state index contributed by atoms with van der Waals surface area (Å²) in [6.07, 6.45) is 9.11. The van der Waals surface area contributed by atoms with E-state index in [1.807, 2.05) is 0 Å². The molecule has 0 aliphatic heterocycles. The molecule has 1 aliphatic carbocycles. The van der Waals surface area contributed by atoms with Gasteiger partial charge in [-0.3, -0.25) is 0 Å². The van der Waals surface area contributed by atoms with Crippen molar-refractivity contribution in [2.45, 2.75) is 46.0 Å². The fourth-order valence-corrected chi connectivity index (χ4v) is 2.32. The van der Waals surface area contributed by atoms with Gasteiger partial charge in [0.05, 0.1) is 0 Å².